The first-order valence-electron chi connectivity index (χ1n) is 11.0. The fourth-order valence-corrected chi connectivity index (χ4v) is 5.16. The van der Waals surface area contributed by atoms with E-state index in [-0.39, 0.29) is 17.9 Å². The second kappa shape index (κ2) is 10.2. The summed E-state index contributed by atoms with van der Waals surface area (Å²) in [5, 5.41) is 12.9. The third-order valence-corrected chi connectivity index (χ3v) is 6.90. The molecule has 10 heteroatoms. The maximum atomic E-state index is 12.9. The Labute approximate surface area is 191 Å². The molecule has 0 aliphatic carbocycles. The molecule has 3 heterocycles. The van der Waals surface area contributed by atoms with Crippen molar-refractivity contribution in [2.75, 3.05) is 43.7 Å². The number of hydrogen-bond acceptors (Lipinski definition) is 8. The molecule has 0 saturated carbocycles. The first-order valence-corrected chi connectivity index (χ1v) is 11.8. The predicted octanol–water partition coefficient (Wildman–Crippen LogP) is 2.40. The summed E-state index contributed by atoms with van der Waals surface area (Å²) in [6.45, 7) is 1.98. The smallest absolute Gasteiger partial charge is 0.242 e. The average Bonchev–Trinajstić information content (AvgIpc) is 3.49. The largest absolute Gasteiger partial charge is 0.493 e. The Morgan fingerprint density at radius 2 is 1.94 bits per heavy atom. The van der Waals surface area contributed by atoms with Crippen molar-refractivity contribution in [1.29, 1.82) is 0 Å². The van der Waals surface area contributed by atoms with Crippen molar-refractivity contribution >= 4 is 33.4 Å². The second-order valence-corrected chi connectivity index (χ2v) is 8.89. The van der Waals surface area contributed by atoms with Crippen LogP contribution in [0.5, 0.6) is 11.5 Å². The lowest BCUT2D eigenvalue weighted by atomic mass is 10.1. The first-order chi connectivity index (χ1) is 15.6. The average molecular weight is 460 g/mol. The molecular weight excluding hydrogens is 430 g/mol. The molecule has 0 spiro atoms. The zero-order valence-electron chi connectivity index (χ0n) is 18.5. The maximum Gasteiger partial charge on any atom is 0.242 e. The van der Waals surface area contributed by atoms with Crippen LogP contribution in [0, 0.1) is 0 Å². The molecule has 2 aliphatic heterocycles. The van der Waals surface area contributed by atoms with Crippen molar-refractivity contribution < 1.29 is 19.1 Å². The number of methoxy groups -OCH3 is 2. The monoisotopic (exact) mass is 459 g/mol. The van der Waals surface area contributed by atoms with Crippen LogP contribution in [0.25, 0.3) is 0 Å². The molecule has 2 aliphatic rings. The van der Waals surface area contributed by atoms with Crippen molar-refractivity contribution in [2.45, 2.75) is 44.6 Å². The van der Waals surface area contributed by atoms with Crippen molar-refractivity contribution in [3.8, 4) is 11.5 Å². The van der Waals surface area contributed by atoms with Gasteiger partial charge in [-0.05, 0) is 49.8 Å². The minimum absolute atomic E-state index is 0.00576. The van der Waals surface area contributed by atoms with Gasteiger partial charge in [0.2, 0.25) is 22.1 Å². The van der Waals surface area contributed by atoms with Gasteiger partial charge < -0.3 is 19.7 Å². The molecule has 172 valence electrons. The highest BCUT2D eigenvalue weighted by molar-refractivity contribution is 7.19. The van der Waals surface area contributed by atoms with Gasteiger partial charge in [-0.25, -0.2) is 0 Å². The lowest BCUT2D eigenvalue weighted by Crippen LogP contribution is -2.44. The zero-order chi connectivity index (χ0) is 22.5. The van der Waals surface area contributed by atoms with E-state index >= 15 is 0 Å². The molecule has 1 atom stereocenters. The van der Waals surface area contributed by atoms with Crippen molar-refractivity contribution in [3.63, 3.8) is 0 Å². The zero-order valence-corrected chi connectivity index (χ0v) is 19.3. The number of carbonyl (C=O) groups is 2. The van der Waals surface area contributed by atoms with Gasteiger partial charge in [-0.15, -0.1) is 10.2 Å². The van der Waals surface area contributed by atoms with E-state index in [1.807, 2.05) is 23.1 Å². The number of carbonyl (C=O) groups excluding carboxylic acids is 2. The molecule has 2 saturated heterocycles. The number of aromatic nitrogens is 2. The highest BCUT2D eigenvalue weighted by atomic mass is 32.1. The van der Waals surface area contributed by atoms with Crippen LogP contribution in [-0.2, 0) is 16.0 Å². The van der Waals surface area contributed by atoms with Gasteiger partial charge in [0.1, 0.15) is 6.04 Å². The van der Waals surface area contributed by atoms with Gasteiger partial charge >= 0.3 is 0 Å². The fourth-order valence-electron chi connectivity index (χ4n) is 4.19. The van der Waals surface area contributed by atoms with E-state index in [2.05, 4.69) is 15.5 Å². The number of nitrogens with one attached hydrogen (secondary N) is 1. The SMILES string of the molecule is COc1ccc(CCNC(=O)C2CCCN2c2nnc(N3CCCCC3=O)s2)cc1OC. The number of nitrogens with zero attached hydrogens (tertiary/aromatic N) is 4. The van der Waals surface area contributed by atoms with Gasteiger partial charge in [-0.3, -0.25) is 14.5 Å². The van der Waals surface area contributed by atoms with E-state index in [9.17, 15) is 9.59 Å². The van der Waals surface area contributed by atoms with E-state index < -0.39 is 0 Å². The van der Waals surface area contributed by atoms with Crippen LogP contribution < -0.4 is 24.6 Å². The molecule has 2 aromatic rings. The van der Waals surface area contributed by atoms with Gasteiger partial charge in [0.25, 0.3) is 0 Å². The highest BCUT2D eigenvalue weighted by Gasteiger charge is 2.33. The summed E-state index contributed by atoms with van der Waals surface area (Å²) in [7, 11) is 3.22. The minimum Gasteiger partial charge on any atom is -0.493 e. The minimum atomic E-state index is -0.265. The van der Waals surface area contributed by atoms with Crippen LogP contribution in [0.15, 0.2) is 18.2 Å². The van der Waals surface area contributed by atoms with Crippen molar-refractivity contribution in [2.24, 2.45) is 0 Å². The summed E-state index contributed by atoms with van der Waals surface area (Å²) in [6.07, 6.45) is 4.86. The van der Waals surface area contributed by atoms with Gasteiger partial charge in [0.05, 0.1) is 14.2 Å². The summed E-state index contributed by atoms with van der Waals surface area (Å²) < 4.78 is 10.6. The van der Waals surface area contributed by atoms with E-state index in [0.29, 0.717) is 47.7 Å². The molecule has 2 amide bonds. The van der Waals surface area contributed by atoms with E-state index in [1.165, 1.54) is 11.3 Å². The quantitative estimate of drug-likeness (QED) is 0.647. The first kappa shape index (κ1) is 22.3. The van der Waals surface area contributed by atoms with Crippen LogP contribution >= 0.6 is 11.3 Å². The third kappa shape index (κ3) is 4.79. The third-order valence-electron chi connectivity index (χ3n) is 5.92. The van der Waals surface area contributed by atoms with Gasteiger partial charge in [-0.1, -0.05) is 17.4 Å². The van der Waals surface area contributed by atoms with Crippen LogP contribution in [0.1, 0.15) is 37.7 Å². The van der Waals surface area contributed by atoms with Gasteiger partial charge in [0, 0.05) is 26.1 Å². The summed E-state index contributed by atoms with van der Waals surface area (Å²) >= 11 is 1.39. The van der Waals surface area contributed by atoms with Crippen molar-refractivity contribution in [1.82, 2.24) is 15.5 Å². The number of benzene rings is 1. The molecule has 4 rings (SSSR count). The van der Waals surface area contributed by atoms with Crippen LogP contribution in [0.4, 0.5) is 10.3 Å². The highest BCUT2D eigenvalue weighted by Crippen LogP contribution is 2.33. The summed E-state index contributed by atoms with van der Waals surface area (Å²) in [6, 6.07) is 5.50. The molecule has 1 aromatic heterocycles. The summed E-state index contributed by atoms with van der Waals surface area (Å²) in [5.41, 5.74) is 1.06. The second-order valence-electron chi connectivity index (χ2n) is 7.95. The van der Waals surface area contributed by atoms with E-state index in [4.69, 9.17) is 9.47 Å². The Balaban J connectivity index is 1.34. The van der Waals surface area contributed by atoms with Crippen LogP contribution in [0.3, 0.4) is 0 Å². The normalized spacial score (nSPS) is 18.7. The van der Waals surface area contributed by atoms with Crippen LogP contribution in [0.2, 0.25) is 0 Å². The summed E-state index contributed by atoms with van der Waals surface area (Å²) in [5.74, 6) is 1.46. The van der Waals surface area contributed by atoms with E-state index in [1.54, 1.807) is 19.1 Å². The number of anilines is 2. The lowest BCUT2D eigenvalue weighted by Gasteiger charge is -2.24. The van der Waals surface area contributed by atoms with Crippen LogP contribution in [-0.4, -0.2) is 61.9 Å². The Hall–Kier alpha value is -2.88. The number of piperidine rings is 1. The molecule has 9 nitrogen and oxygen atoms in total. The Morgan fingerprint density at radius 1 is 1.12 bits per heavy atom. The molecule has 0 radical (unpaired) electrons. The standard InChI is InChI=1S/C22H29N5O4S/c1-30-17-9-8-15(14-18(17)31-2)10-11-23-20(29)16-6-5-13-26(16)21-24-25-22(32-21)27-12-4-3-7-19(27)28/h8-9,14,16H,3-7,10-13H2,1-2H3,(H,23,29). The predicted molar refractivity (Wildman–Crippen MR) is 123 cm³/mol. The summed E-state index contributed by atoms with van der Waals surface area (Å²) in [4.78, 5) is 28.8. The fraction of sp³-hybridized carbons (Fsp3) is 0.545. The lowest BCUT2D eigenvalue weighted by molar-refractivity contribution is -0.122. The number of amides is 2. The Morgan fingerprint density at radius 3 is 2.72 bits per heavy atom. The van der Waals surface area contributed by atoms with Gasteiger partial charge in [0.15, 0.2) is 11.5 Å². The molecule has 0 bridgehead atoms. The van der Waals surface area contributed by atoms with E-state index in [0.717, 1.165) is 37.8 Å². The van der Waals surface area contributed by atoms with Gasteiger partial charge in [-0.2, -0.15) is 0 Å². The molecule has 2 fully saturated rings. The number of rotatable bonds is 8. The molecule has 1 aromatic carbocycles. The Bertz CT molecular complexity index is 966. The topological polar surface area (TPSA) is 96.9 Å². The number of hydrogen-bond donors (Lipinski definition) is 1. The molecular formula is C22H29N5O4S. The molecule has 32 heavy (non-hydrogen) atoms. The number of ether oxygens (including phenoxy) is 2. The molecule has 1 N–H and O–H groups in total. The Kier molecular flexibility index (Phi) is 7.09. The maximum absolute atomic E-state index is 12.9. The van der Waals surface area contributed by atoms with Crippen molar-refractivity contribution in [3.05, 3.63) is 23.8 Å². The molecule has 1 unspecified atom stereocenters.